The average molecular weight is 352 g/mol. The van der Waals surface area contributed by atoms with Gasteiger partial charge in [-0.15, -0.1) is 0 Å². The topological polar surface area (TPSA) is 50.8 Å². The van der Waals surface area contributed by atoms with E-state index in [2.05, 4.69) is 34.5 Å². The Morgan fingerprint density at radius 2 is 1.92 bits per heavy atom. The fourth-order valence-electron chi connectivity index (χ4n) is 3.62. The van der Waals surface area contributed by atoms with Gasteiger partial charge in [-0.1, -0.05) is 36.4 Å². The van der Waals surface area contributed by atoms with Gasteiger partial charge in [0.2, 0.25) is 12.7 Å². The molecule has 1 fully saturated rings. The third-order valence-electron chi connectivity index (χ3n) is 5.01. The molecule has 26 heavy (non-hydrogen) atoms. The Morgan fingerprint density at radius 3 is 2.81 bits per heavy atom. The molecule has 1 amide bonds. The molecule has 4 rings (SSSR count). The molecule has 2 aromatic rings. The van der Waals surface area contributed by atoms with E-state index in [0.717, 1.165) is 49.7 Å². The highest BCUT2D eigenvalue weighted by molar-refractivity contribution is 5.78. The van der Waals surface area contributed by atoms with Gasteiger partial charge in [0.1, 0.15) is 0 Å². The largest absolute Gasteiger partial charge is 0.454 e. The molecule has 0 unspecified atom stereocenters. The first-order chi connectivity index (χ1) is 12.8. The third-order valence-corrected chi connectivity index (χ3v) is 5.01. The molecule has 1 atom stereocenters. The number of fused-ring (bicyclic) bond motifs is 1. The highest BCUT2D eigenvalue weighted by atomic mass is 16.7. The van der Waals surface area contributed by atoms with Gasteiger partial charge in [-0.3, -0.25) is 9.69 Å². The number of nitrogens with zero attached hydrogens (tertiary/aromatic N) is 1. The Balaban J connectivity index is 1.21. The molecule has 0 aliphatic carbocycles. The van der Waals surface area contributed by atoms with Crippen LogP contribution in [0, 0.1) is 5.92 Å². The summed E-state index contributed by atoms with van der Waals surface area (Å²) in [5.41, 5.74) is 2.30. The molecule has 0 saturated carbocycles. The van der Waals surface area contributed by atoms with E-state index >= 15 is 0 Å². The molecule has 5 nitrogen and oxygen atoms in total. The molecule has 1 N–H and O–H groups in total. The van der Waals surface area contributed by atoms with Gasteiger partial charge in [0.15, 0.2) is 11.5 Å². The Bertz CT molecular complexity index is 763. The summed E-state index contributed by atoms with van der Waals surface area (Å²) in [6.07, 6.45) is 1.51. The molecular formula is C21H24N2O3. The van der Waals surface area contributed by atoms with Crippen molar-refractivity contribution in [3.63, 3.8) is 0 Å². The maximum absolute atomic E-state index is 12.2. The second-order valence-corrected chi connectivity index (χ2v) is 7.04. The Kier molecular flexibility index (Phi) is 5.07. The highest BCUT2D eigenvalue weighted by Crippen LogP contribution is 2.32. The van der Waals surface area contributed by atoms with Crippen LogP contribution in [0.25, 0.3) is 0 Å². The van der Waals surface area contributed by atoms with Gasteiger partial charge >= 0.3 is 0 Å². The van der Waals surface area contributed by atoms with E-state index in [4.69, 9.17) is 9.47 Å². The zero-order valence-corrected chi connectivity index (χ0v) is 14.8. The molecule has 0 radical (unpaired) electrons. The lowest BCUT2D eigenvalue weighted by Gasteiger charge is -2.16. The summed E-state index contributed by atoms with van der Waals surface area (Å²) in [7, 11) is 0. The minimum absolute atomic E-state index is 0.0605. The zero-order chi connectivity index (χ0) is 17.8. The van der Waals surface area contributed by atoms with E-state index in [0.29, 0.717) is 12.3 Å². The summed E-state index contributed by atoms with van der Waals surface area (Å²) in [4.78, 5) is 14.7. The summed E-state index contributed by atoms with van der Waals surface area (Å²) in [5.74, 6) is 2.06. The molecule has 2 heterocycles. The van der Waals surface area contributed by atoms with Crippen LogP contribution in [0.4, 0.5) is 0 Å². The Labute approximate surface area is 153 Å². The molecular weight excluding hydrogens is 328 g/mol. The molecule has 5 heteroatoms. The number of carbonyl (C=O) groups excluding carboxylic acids is 1. The molecule has 0 spiro atoms. The van der Waals surface area contributed by atoms with E-state index in [1.807, 2.05) is 24.3 Å². The number of ether oxygens (including phenoxy) is 2. The average Bonchev–Trinajstić information content (AvgIpc) is 3.29. The summed E-state index contributed by atoms with van der Waals surface area (Å²) in [5, 5.41) is 3.09. The third kappa shape index (κ3) is 4.17. The Morgan fingerprint density at radius 1 is 1.08 bits per heavy atom. The van der Waals surface area contributed by atoms with Crippen molar-refractivity contribution in [3.8, 4) is 11.5 Å². The standard InChI is InChI=1S/C21H24N2O3/c24-21(11-17-6-7-19-20(10-17)26-15-25-19)22-12-18-8-9-23(14-18)13-16-4-2-1-3-5-16/h1-7,10,18H,8-9,11-15H2,(H,22,24)/t18-/m0/s1. The van der Waals surface area contributed by atoms with E-state index in [-0.39, 0.29) is 12.7 Å². The van der Waals surface area contributed by atoms with Crippen molar-refractivity contribution in [2.45, 2.75) is 19.4 Å². The molecule has 0 aromatic heterocycles. The van der Waals surface area contributed by atoms with Gasteiger partial charge in [0.25, 0.3) is 0 Å². The number of hydrogen-bond donors (Lipinski definition) is 1. The van der Waals surface area contributed by atoms with Gasteiger partial charge in [0.05, 0.1) is 6.42 Å². The van der Waals surface area contributed by atoms with Crippen molar-refractivity contribution in [1.82, 2.24) is 10.2 Å². The fourth-order valence-corrected chi connectivity index (χ4v) is 3.62. The normalized spacial score (nSPS) is 18.8. The number of nitrogens with one attached hydrogen (secondary N) is 1. The number of benzene rings is 2. The first kappa shape index (κ1) is 16.9. The van der Waals surface area contributed by atoms with Crippen LogP contribution >= 0.6 is 0 Å². The molecule has 0 bridgehead atoms. The number of likely N-dealkylation sites (tertiary alicyclic amines) is 1. The van der Waals surface area contributed by atoms with Crippen LogP contribution in [0.2, 0.25) is 0 Å². The van der Waals surface area contributed by atoms with Crippen LogP contribution in [-0.2, 0) is 17.8 Å². The first-order valence-electron chi connectivity index (χ1n) is 9.18. The zero-order valence-electron chi connectivity index (χ0n) is 14.8. The van der Waals surface area contributed by atoms with Crippen molar-refractivity contribution < 1.29 is 14.3 Å². The predicted octanol–water partition coefficient (Wildman–Crippen LogP) is 2.60. The fraction of sp³-hybridized carbons (Fsp3) is 0.381. The van der Waals surface area contributed by atoms with Crippen LogP contribution < -0.4 is 14.8 Å². The first-order valence-corrected chi connectivity index (χ1v) is 9.18. The van der Waals surface area contributed by atoms with Gasteiger partial charge in [-0.25, -0.2) is 0 Å². The van der Waals surface area contributed by atoms with Crippen LogP contribution in [-0.4, -0.2) is 37.2 Å². The van der Waals surface area contributed by atoms with Gasteiger partial charge < -0.3 is 14.8 Å². The van der Waals surface area contributed by atoms with Crippen molar-refractivity contribution in [3.05, 3.63) is 59.7 Å². The number of amides is 1. The van der Waals surface area contributed by atoms with E-state index in [1.165, 1.54) is 5.56 Å². The second-order valence-electron chi connectivity index (χ2n) is 7.04. The predicted molar refractivity (Wildman–Crippen MR) is 99.1 cm³/mol. The summed E-state index contributed by atoms with van der Waals surface area (Å²) in [6.45, 7) is 4.13. The van der Waals surface area contributed by atoms with E-state index in [9.17, 15) is 4.79 Å². The molecule has 136 valence electrons. The van der Waals surface area contributed by atoms with Crippen molar-refractivity contribution >= 4 is 5.91 Å². The molecule has 1 saturated heterocycles. The monoisotopic (exact) mass is 352 g/mol. The van der Waals surface area contributed by atoms with E-state index in [1.54, 1.807) is 0 Å². The van der Waals surface area contributed by atoms with Gasteiger partial charge in [-0.2, -0.15) is 0 Å². The smallest absolute Gasteiger partial charge is 0.231 e. The van der Waals surface area contributed by atoms with Crippen molar-refractivity contribution in [1.29, 1.82) is 0 Å². The van der Waals surface area contributed by atoms with Crippen molar-refractivity contribution in [2.24, 2.45) is 5.92 Å². The lowest BCUT2D eigenvalue weighted by atomic mass is 10.1. The van der Waals surface area contributed by atoms with Crippen LogP contribution in [0.15, 0.2) is 48.5 Å². The number of carbonyl (C=O) groups is 1. The Hall–Kier alpha value is -2.53. The lowest BCUT2D eigenvalue weighted by molar-refractivity contribution is -0.120. The lowest BCUT2D eigenvalue weighted by Crippen LogP contribution is -2.31. The highest BCUT2D eigenvalue weighted by Gasteiger charge is 2.23. The van der Waals surface area contributed by atoms with Crippen LogP contribution in [0.3, 0.4) is 0 Å². The second kappa shape index (κ2) is 7.79. The summed E-state index contributed by atoms with van der Waals surface area (Å²) >= 11 is 0. The molecule has 2 aliphatic heterocycles. The van der Waals surface area contributed by atoms with Crippen LogP contribution in [0.5, 0.6) is 11.5 Å². The number of hydrogen-bond acceptors (Lipinski definition) is 4. The molecule has 2 aromatic carbocycles. The minimum Gasteiger partial charge on any atom is -0.454 e. The van der Waals surface area contributed by atoms with Gasteiger partial charge in [0, 0.05) is 19.6 Å². The quantitative estimate of drug-likeness (QED) is 0.868. The maximum Gasteiger partial charge on any atom is 0.231 e. The summed E-state index contributed by atoms with van der Waals surface area (Å²) in [6, 6.07) is 16.2. The van der Waals surface area contributed by atoms with Crippen LogP contribution in [0.1, 0.15) is 17.5 Å². The minimum atomic E-state index is 0.0605. The van der Waals surface area contributed by atoms with Crippen molar-refractivity contribution in [2.75, 3.05) is 26.4 Å². The number of rotatable bonds is 6. The van der Waals surface area contributed by atoms with E-state index < -0.39 is 0 Å². The van der Waals surface area contributed by atoms with Gasteiger partial charge in [-0.05, 0) is 42.1 Å². The summed E-state index contributed by atoms with van der Waals surface area (Å²) < 4.78 is 10.7. The maximum atomic E-state index is 12.2. The molecule has 2 aliphatic rings. The SMILES string of the molecule is O=C(Cc1ccc2c(c1)OCO2)NC[C@@H]1CCN(Cc2ccccc2)C1.